The molecule has 114 valence electrons. The van der Waals surface area contributed by atoms with E-state index in [1.165, 1.54) is 7.11 Å². The SMILES string of the molecule is COC(=O)c1sc(NC(=O)c2cc3sccc3n2C)nc1C. The summed E-state index contributed by atoms with van der Waals surface area (Å²) >= 11 is 2.69. The van der Waals surface area contributed by atoms with Crippen molar-refractivity contribution in [2.24, 2.45) is 7.05 Å². The lowest BCUT2D eigenvalue weighted by molar-refractivity contribution is 0.0605. The molecule has 0 unspecified atom stereocenters. The van der Waals surface area contributed by atoms with Crippen LogP contribution in [0.3, 0.4) is 0 Å². The number of hydrogen-bond acceptors (Lipinski definition) is 6. The summed E-state index contributed by atoms with van der Waals surface area (Å²) in [4.78, 5) is 28.5. The Hall–Kier alpha value is -2.19. The molecule has 3 rings (SSSR count). The van der Waals surface area contributed by atoms with Crippen molar-refractivity contribution in [3.05, 3.63) is 33.8 Å². The molecule has 0 aromatic carbocycles. The van der Waals surface area contributed by atoms with Gasteiger partial charge in [0.2, 0.25) is 0 Å². The minimum atomic E-state index is -0.449. The zero-order valence-electron chi connectivity index (χ0n) is 12.2. The molecule has 0 bridgehead atoms. The first kappa shape index (κ1) is 14.7. The number of methoxy groups -OCH3 is 1. The van der Waals surface area contributed by atoms with Crippen LogP contribution in [0.1, 0.15) is 25.9 Å². The summed E-state index contributed by atoms with van der Waals surface area (Å²) in [7, 11) is 3.16. The van der Waals surface area contributed by atoms with E-state index in [0.29, 0.717) is 21.4 Å². The molecule has 3 aromatic heterocycles. The van der Waals surface area contributed by atoms with Crippen LogP contribution < -0.4 is 5.32 Å². The van der Waals surface area contributed by atoms with Crippen LogP contribution in [0.2, 0.25) is 0 Å². The molecule has 0 aliphatic heterocycles. The van der Waals surface area contributed by atoms with Gasteiger partial charge in [0.1, 0.15) is 10.6 Å². The highest BCUT2D eigenvalue weighted by Gasteiger charge is 2.19. The highest BCUT2D eigenvalue weighted by Crippen LogP contribution is 2.26. The lowest BCUT2D eigenvalue weighted by Crippen LogP contribution is -2.15. The monoisotopic (exact) mass is 335 g/mol. The predicted molar refractivity (Wildman–Crippen MR) is 86.9 cm³/mol. The van der Waals surface area contributed by atoms with E-state index in [-0.39, 0.29) is 5.91 Å². The maximum Gasteiger partial charge on any atom is 0.350 e. The quantitative estimate of drug-likeness (QED) is 0.747. The third kappa shape index (κ3) is 2.40. The zero-order valence-corrected chi connectivity index (χ0v) is 13.8. The number of aryl methyl sites for hydroxylation is 2. The normalized spacial score (nSPS) is 10.9. The lowest BCUT2D eigenvalue weighted by atomic mass is 10.4. The van der Waals surface area contributed by atoms with Gasteiger partial charge in [-0.15, -0.1) is 11.3 Å². The summed E-state index contributed by atoms with van der Waals surface area (Å²) in [6.45, 7) is 1.71. The number of esters is 1. The van der Waals surface area contributed by atoms with Gasteiger partial charge in [-0.25, -0.2) is 9.78 Å². The van der Waals surface area contributed by atoms with Crippen LogP contribution in [0.15, 0.2) is 17.5 Å². The fourth-order valence-electron chi connectivity index (χ4n) is 2.16. The van der Waals surface area contributed by atoms with Gasteiger partial charge in [0.25, 0.3) is 5.91 Å². The fraction of sp³-hybridized carbons (Fsp3) is 0.214. The largest absolute Gasteiger partial charge is 0.465 e. The molecule has 1 amide bonds. The smallest absolute Gasteiger partial charge is 0.350 e. The van der Waals surface area contributed by atoms with E-state index < -0.39 is 5.97 Å². The number of thiophene rings is 1. The first-order valence-electron chi connectivity index (χ1n) is 6.41. The van der Waals surface area contributed by atoms with Crippen molar-refractivity contribution < 1.29 is 14.3 Å². The van der Waals surface area contributed by atoms with Gasteiger partial charge in [-0.05, 0) is 24.4 Å². The molecule has 0 fully saturated rings. The maximum absolute atomic E-state index is 12.4. The third-order valence-electron chi connectivity index (χ3n) is 3.28. The fourth-order valence-corrected chi connectivity index (χ4v) is 3.89. The van der Waals surface area contributed by atoms with E-state index in [2.05, 4.69) is 15.0 Å². The molecule has 3 aromatic rings. The Morgan fingerprint density at radius 2 is 2.18 bits per heavy atom. The van der Waals surface area contributed by atoms with Crippen molar-refractivity contribution in [1.82, 2.24) is 9.55 Å². The number of anilines is 1. The van der Waals surface area contributed by atoms with Crippen molar-refractivity contribution in [3.63, 3.8) is 0 Å². The van der Waals surface area contributed by atoms with Gasteiger partial charge in [0.15, 0.2) is 5.13 Å². The summed E-state index contributed by atoms with van der Waals surface area (Å²) in [5, 5.41) is 5.10. The summed E-state index contributed by atoms with van der Waals surface area (Å²) in [5.41, 5.74) is 2.11. The number of carbonyl (C=O) groups excluding carboxylic acids is 2. The number of thiazole rings is 1. The van der Waals surface area contributed by atoms with Gasteiger partial charge in [-0.2, -0.15) is 0 Å². The van der Waals surface area contributed by atoms with Gasteiger partial charge in [0, 0.05) is 7.05 Å². The highest BCUT2D eigenvalue weighted by molar-refractivity contribution is 7.18. The van der Waals surface area contributed by atoms with Gasteiger partial charge >= 0.3 is 5.97 Å². The van der Waals surface area contributed by atoms with Crippen molar-refractivity contribution >= 4 is 49.9 Å². The number of nitrogens with one attached hydrogen (secondary N) is 1. The van der Waals surface area contributed by atoms with E-state index >= 15 is 0 Å². The number of ether oxygens (including phenoxy) is 1. The Morgan fingerprint density at radius 1 is 1.41 bits per heavy atom. The van der Waals surface area contributed by atoms with E-state index in [1.54, 1.807) is 18.3 Å². The summed E-state index contributed by atoms with van der Waals surface area (Å²) in [6, 6.07) is 3.82. The first-order chi connectivity index (χ1) is 10.5. The molecule has 3 heterocycles. The molecular formula is C14H13N3O3S2. The summed E-state index contributed by atoms with van der Waals surface area (Å²) < 4.78 is 7.57. The predicted octanol–water partition coefficient (Wildman–Crippen LogP) is 3.04. The topological polar surface area (TPSA) is 73.2 Å². The average molecular weight is 335 g/mol. The Kier molecular flexibility index (Phi) is 3.71. The number of nitrogens with zero attached hydrogens (tertiary/aromatic N) is 2. The Morgan fingerprint density at radius 3 is 2.86 bits per heavy atom. The average Bonchev–Trinajstić information content (AvgIpc) is 3.15. The second kappa shape index (κ2) is 5.54. The molecule has 0 saturated heterocycles. The maximum atomic E-state index is 12.4. The first-order valence-corrected chi connectivity index (χ1v) is 8.11. The molecule has 0 saturated carbocycles. The number of hydrogen-bond donors (Lipinski definition) is 1. The van der Waals surface area contributed by atoms with Gasteiger partial charge in [-0.3, -0.25) is 10.1 Å². The Labute approximate surface area is 134 Å². The second-order valence-corrected chi connectivity index (χ2v) is 6.58. The van der Waals surface area contributed by atoms with Gasteiger partial charge in [-0.1, -0.05) is 11.3 Å². The van der Waals surface area contributed by atoms with Gasteiger partial charge in [0.05, 0.1) is 23.0 Å². The molecule has 0 aliphatic rings. The Bertz CT molecular complexity index is 875. The van der Waals surface area contributed by atoms with Crippen molar-refractivity contribution in [2.45, 2.75) is 6.92 Å². The van der Waals surface area contributed by atoms with Crippen molar-refractivity contribution in [3.8, 4) is 0 Å². The molecule has 1 N–H and O–H groups in total. The van der Waals surface area contributed by atoms with Crippen LogP contribution >= 0.6 is 22.7 Å². The van der Waals surface area contributed by atoms with Crippen LogP contribution in [0, 0.1) is 6.92 Å². The Balaban J connectivity index is 1.86. The van der Waals surface area contributed by atoms with Crippen LogP contribution in [0.4, 0.5) is 5.13 Å². The van der Waals surface area contributed by atoms with Crippen LogP contribution in [0.25, 0.3) is 10.2 Å². The number of aromatic nitrogens is 2. The lowest BCUT2D eigenvalue weighted by Gasteiger charge is -2.03. The van der Waals surface area contributed by atoms with E-state index in [0.717, 1.165) is 21.6 Å². The molecule has 6 nitrogen and oxygen atoms in total. The number of fused-ring (bicyclic) bond motifs is 1. The number of carbonyl (C=O) groups is 2. The molecule has 0 atom stereocenters. The zero-order chi connectivity index (χ0) is 15.9. The van der Waals surface area contributed by atoms with Crippen LogP contribution in [0.5, 0.6) is 0 Å². The minimum Gasteiger partial charge on any atom is -0.465 e. The van der Waals surface area contributed by atoms with Crippen molar-refractivity contribution in [1.29, 1.82) is 0 Å². The third-order valence-corrected chi connectivity index (χ3v) is 5.19. The van der Waals surface area contributed by atoms with Crippen molar-refractivity contribution in [2.75, 3.05) is 12.4 Å². The standard InChI is InChI=1S/C14H13N3O3S2/c1-7-11(13(19)20-3)22-14(15-7)16-12(18)9-6-10-8(17(9)2)4-5-21-10/h4-6H,1-3H3,(H,15,16,18). The second-order valence-electron chi connectivity index (χ2n) is 4.64. The van der Waals surface area contributed by atoms with E-state index in [1.807, 2.05) is 29.1 Å². The van der Waals surface area contributed by atoms with E-state index in [9.17, 15) is 9.59 Å². The highest BCUT2D eigenvalue weighted by atomic mass is 32.1. The minimum absolute atomic E-state index is 0.254. The molecule has 8 heteroatoms. The van der Waals surface area contributed by atoms with E-state index in [4.69, 9.17) is 0 Å². The number of amides is 1. The molecule has 0 aliphatic carbocycles. The number of rotatable bonds is 3. The molecule has 0 spiro atoms. The van der Waals surface area contributed by atoms with Crippen LogP contribution in [-0.2, 0) is 11.8 Å². The summed E-state index contributed by atoms with van der Waals surface area (Å²) in [6.07, 6.45) is 0. The van der Waals surface area contributed by atoms with Gasteiger partial charge < -0.3 is 9.30 Å². The molecular weight excluding hydrogens is 322 g/mol. The molecule has 22 heavy (non-hydrogen) atoms. The van der Waals surface area contributed by atoms with Crippen LogP contribution in [-0.4, -0.2) is 28.5 Å². The summed E-state index contributed by atoms with van der Waals surface area (Å²) in [5.74, 6) is -0.703. The molecule has 0 radical (unpaired) electrons.